The van der Waals surface area contributed by atoms with Crippen molar-refractivity contribution in [3.8, 4) is 10.4 Å². The molecule has 0 atom stereocenters. The van der Waals surface area contributed by atoms with Gasteiger partial charge in [-0.1, -0.05) is 58.4 Å². The topological polar surface area (TPSA) is 46.2 Å². The molecule has 2 amide bonds. The van der Waals surface area contributed by atoms with E-state index in [4.69, 9.17) is 0 Å². The molecule has 0 saturated carbocycles. The summed E-state index contributed by atoms with van der Waals surface area (Å²) in [6.45, 7) is 4.45. The predicted octanol–water partition coefficient (Wildman–Crippen LogP) is 8.46. The number of rotatable bonds is 11. The van der Waals surface area contributed by atoms with Gasteiger partial charge in [0.15, 0.2) is 0 Å². The van der Waals surface area contributed by atoms with E-state index in [0.29, 0.717) is 5.56 Å². The fourth-order valence-corrected chi connectivity index (χ4v) is 6.27. The van der Waals surface area contributed by atoms with E-state index in [0.717, 1.165) is 61.8 Å². The van der Waals surface area contributed by atoms with Crippen molar-refractivity contribution in [1.82, 2.24) is 5.32 Å². The summed E-state index contributed by atoms with van der Waals surface area (Å²) in [6.07, 6.45) is 11.3. The number of thiophene rings is 1. The molecule has 0 spiro atoms. The van der Waals surface area contributed by atoms with Crippen molar-refractivity contribution in [3.63, 3.8) is 0 Å². The van der Waals surface area contributed by atoms with Crippen molar-refractivity contribution >= 4 is 49.9 Å². The van der Waals surface area contributed by atoms with Gasteiger partial charge >= 0.3 is 0 Å². The largest absolute Gasteiger partial charge is 0.288 e. The zero-order chi connectivity index (χ0) is 23.4. The number of aryl methyl sites for hydroxylation is 1. The molecule has 5 heteroatoms. The molecule has 3 nitrogen and oxygen atoms in total. The zero-order valence-electron chi connectivity index (χ0n) is 19.6. The van der Waals surface area contributed by atoms with E-state index in [1.54, 1.807) is 11.3 Å². The lowest BCUT2D eigenvalue weighted by atomic mass is 9.84. The lowest BCUT2D eigenvalue weighted by Gasteiger charge is -2.23. The highest BCUT2D eigenvalue weighted by molar-refractivity contribution is 9.11. The molecule has 33 heavy (non-hydrogen) atoms. The normalized spacial score (nSPS) is 13.1. The van der Waals surface area contributed by atoms with Gasteiger partial charge in [-0.3, -0.25) is 14.9 Å². The van der Waals surface area contributed by atoms with Crippen LogP contribution in [-0.4, -0.2) is 11.8 Å². The van der Waals surface area contributed by atoms with Crippen molar-refractivity contribution in [2.75, 3.05) is 0 Å². The minimum Gasteiger partial charge on any atom is -0.288 e. The molecular weight excluding hydrogens is 494 g/mol. The van der Waals surface area contributed by atoms with Crippen LogP contribution in [0.1, 0.15) is 97.1 Å². The van der Waals surface area contributed by atoms with Gasteiger partial charge in [-0.15, -0.1) is 11.3 Å². The van der Waals surface area contributed by atoms with Crippen molar-refractivity contribution < 1.29 is 9.59 Å². The molecule has 0 unspecified atom stereocenters. The standard InChI is InChI=1S/C28H32BrNO2S/c1-3-5-7-9-11-18-15-20-16-19(23-13-14-24(29)33-23)17-22-25(20)26(28(32)30-27(22)31)21(18)12-10-8-6-4-2/h13-17H,3-12H2,1-2H3,(H,30,31,32). The van der Waals surface area contributed by atoms with Crippen LogP contribution in [0.2, 0.25) is 0 Å². The Morgan fingerprint density at radius 3 is 2.24 bits per heavy atom. The first-order valence-corrected chi connectivity index (χ1v) is 13.9. The number of amides is 2. The summed E-state index contributed by atoms with van der Waals surface area (Å²) in [7, 11) is 0. The molecule has 0 bridgehead atoms. The van der Waals surface area contributed by atoms with Gasteiger partial charge in [0.25, 0.3) is 11.8 Å². The third-order valence-electron chi connectivity index (χ3n) is 6.57. The summed E-state index contributed by atoms with van der Waals surface area (Å²) in [6, 6.07) is 10.5. The lowest BCUT2D eigenvalue weighted by Crippen LogP contribution is -2.36. The summed E-state index contributed by atoms with van der Waals surface area (Å²) in [5.41, 5.74) is 4.83. The molecule has 4 rings (SSSR count). The Labute approximate surface area is 209 Å². The van der Waals surface area contributed by atoms with Gasteiger partial charge in [0.2, 0.25) is 0 Å². The Kier molecular flexibility index (Phi) is 8.02. The third kappa shape index (κ3) is 5.25. The van der Waals surface area contributed by atoms with E-state index in [1.807, 2.05) is 12.1 Å². The minimum atomic E-state index is -0.289. The molecule has 2 aromatic carbocycles. The van der Waals surface area contributed by atoms with E-state index < -0.39 is 0 Å². The van der Waals surface area contributed by atoms with Gasteiger partial charge in [-0.2, -0.15) is 0 Å². The van der Waals surface area contributed by atoms with Gasteiger partial charge in [0.05, 0.1) is 9.35 Å². The van der Waals surface area contributed by atoms with Gasteiger partial charge in [-0.25, -0.2) is 0 Å². The fourth-order valence-electron chi connectivity index (χ4n) is 4.90. The first-order valence-electron chi connectivity index (χ1n) is 12.3. The highest BCUT2D eigenvalue weighted by Crippen LogP contribution is 2.39. The zero-order valence-corrected chi connectivity index (χ0v) is 22.0. The first kappa shape index (κ1) is 24.2. The molecule has 1 aromatic heterocycles. The number of carbonyl (C=O) groups is 2. The summed E-state index contributed by atoms with van der Waals surface area (Å²) < 4.78 is 1.06. The number of benzene rings is 2. The van der Waals surface area contributed by atoms with Crippen LogP contribution in [0.5, 0.6) is 0 Å². The first-order chi connectivity index (χ1) is 16.0. The second kappa shape index (κ2) is 11.0. The Hall–Kier alpha value is -1.98. The number of carbonyl (C=O) groups excluding carboxylic acids is 2. The Bertz CT molecular complexity index is 1180. The van der Waals surface area contributed by atoms with Crippen LogP contribution in [0.15, 0.2) is 34.1 Å². The average molecular weight is 527 g/mol. The van der Waals surface area contributed by atoms with Crippen LogP contribution in [-0.2, 0) is 12.8 Å². The average Bonchev–Trinajstić information content (AvgIpc) is 3.24. The van der Waals surface area contributed by atoms with E-state index in [9.17, 15) is 9.59 Å². The van der Waals surface area contributed by atoms with Crippen molar-refractivity contribution in [3.05, 3.63) is 56.4 Å². The maximum Gasteiger partial charge on any atom is 0.259 e. The Morgan fingerprint density at radius 2 is 1.58 bits per heavy atom. The SMILES string of the molecule is CCCCCCc1cc2cc(-c3ccc(Br)s3)cc3c2c(c1CCCCCC)C(=O)NC3=O. The van der Waals surface area contributed by atoms with Gasteiger partial charge in [-0.05, 0) is 88.0 Å². The molecule has 1 N–H and O–H groups in total. The monoisotopic (exact) mass is 525 g/mol. The van der Waals surface area contributed by atoms with E-state index in [1.165, 1.54) is 44.1 Å². The minimum absolute atomic E-state index is 0.231. The molecule has 174 valence electrons. The third-order valence-corrected chi connectivity index (χ3v) is 8.25. The van der Waals surface area contributed by atoms with Gasteiger partial charge < -0.3 is 0 Å². The molecular formula is C28H32BrNO2S. The van der Waals surface area contributed by atoms with Crippen molar-refractivity contribution in [1.29, 1.82) is 0 Å². The van der Waals surface area contributed by atoms with Crippen molar-refractivity contribution in [2.45, 2.75) is 78.1 Å². The summed E-state index contributed by atoms with van der Waals surface area (Å²) in [5, 5.41) is 4.49. The van der Waals surface area contributed by atoms with Crippen LogP contribution < -0.4 is 5.32 Å². The van der Waals surface area contributed by atoms with Crippen LogP contribution in [0.4, 0.5) is 0 Å². The van der Waals surface area contributed by atoms with Crippen molar-refractivity contribution in [2.24, 2.45) is 0 Å². The van der Waals surface area contributed by atoms with Crippen LogP contribution in [0.25, 0.3) is 21.2 Å². The maximum absolute atomic E-state index is 13.1. The number of hydrogen-bond donors (Lipinski definition) is 1. The summed E-state index contributed by atoms with van der Waals surface area (Å²) >= 11 is 5.20. The smallest absolute Gasteiger partial charge is 0.259 e. The van der Waals surface area contributed by atoms with Gasteiger partial charge in [0, 0.05) is 15.8 Å². The number of halogens is 1. The molecule has 3 aromatic rings. The number of unbranched alkanes of at least 4 members (excludes halogenated alkanes) is 6. The predicted molar refractivity (Wildman–Crippen MR) is 142 cm³/mol. The van der Waals surface area contributed by atoms with Gasteiger partial charge in [0.1, 0.15) is 0 Å². The van der Waals surface area contributed by atoms with Crippen LogP contribution in [0, 0.1) is 0 Å². The highest BCUT2D eigenvalue weighted by atomic mass is 79.9. The Balaban J connectivity index is 1.86. The quantitative estimate of drug-likeness (QED) is 0.201. The van der Waals surface area contributed by atoms with Crippen LogP contribution >= 0.6 is 27.3 Å². The highest BCUT2D eigenvalue weighted by Gasteiger charge is 2.29. The molecule has 1 aliphatic rings. The molecule has 0 saturated heterocycles. The number of imide groups is 1. The molecule has 0 aliphatic carbocycles. The summed E-state index contributed by atoms with van der Waals surface area (Å²) in [4.78, 5) is 27.1. The number of nitrogens with one attached hydrogen (secondary N) is 1. The number of hydrogen-bond acceptors (Lipinski definition) is 3. The van der Waals surface area contributed by atoms with Crippen LogP contribution in [0.3, 0.4) is 0 Å². The Morgan fingerprint density at radius 1 is 0.848 bits per heavy atom. The molecule has 1 aliphatic heterocycles. The molecule has 2 heterocycles. The second-order valence-corrected chi connectivity index (χ2v) is 11.5. The van der Waals surface area contributed by atoms with E-state index in [-0.39, 0.29) is 11.8 Å². The molecule has 0 fully saturated rings. The lowest BCUT2D eigenvalue weighted by molar-refractivity contribution is 0.0844. The summed E-state index contributed by atoms with van der Waals surface area (Å²) in [5.74, 6) is -0.521. The molecule has 0 radical (unpaired) electrons. The van der Waals surface area contributed by atoms with E-state index >= 15 is 0 Å². The maximum atomic E-state index is 13.1. The van der Waals surface area contributed by atoms with E-state index in [2.05, 4.69) is 53.3 Å². The fraction of sp³-hybridized carbons (Fsp3) is 0.429. The second-order valence-electron chi connectivity index (χ2n) is 9.02.